The van der Waals surface area contributed by atoms with Crippen molar-refractivity contribution in [1.82, 2.24) is 9.80 Å². The van der Waals surface area contributed by atoms with Crippen LogP contribution < -0.4 is 0 Å². The number of carbonyl (C=O) groups excluding carboxylic acids is 2. The Labute approximate surface area is 124 Å². The SMILES string of the molecule is O=C(O)C1CCN(C(=O)C2CCCN(C(=O)C3CC3)C2)C1. The van der Waals surface area contributed by atoms with Crippen molar-refractivity contribution in [3.05, 3.63) is 0 Å². The Morgan fingerprint density at radius 2 is 1.38 bits per heavy atom. The van der Waals surface area contributed by atoms with E-state index in [-0.39, 0.29) is 23.7 Å². The predicted octanol–water partition coefficient (Wildman–Crippen LogP) is 0.568. The normalized spacial score (nSPS) is 29.5. The highest BCUT2D eigenvalue weighted by Crippen LogP contribution is 2.33. The number of carboxylic acid groups (broad SMARTS) is 1. The number of amides is 2. The van der Waals surface area contributed by atoms with E-state index < -0.39 is 11.9 Å². The molecule has 1 saturated carbocycles. The van der Waals surface area contributed by atoms with Crippen LogP contribution in [0.25, 0.3) is 0 Å². The van der Waals surface area contributed by atoms with E-state index in [1.54, 1.807) is 4.90 Å². The Morgan fingerprint density at radius 1 is 0.762 bits per heavy atom. The van der Waals surface area contributed by atoms with Crippen molar-refractivity contribution in [2.75, 3.05) is 26.2 Å². The third-order valence-corrected chi connectivity index (χ3v) is 4.86. The molecule has 2 heterocycles. The molecule has 3 fully saturated rings. The van der Waals surface area contributed by atoms with Crippen LogP contribution >= 0.6 is 0 Å². The maximum Gasteiger partial charge on any atom is 0.308 e. The molecule has 6 nitrogen and oxygen atoms in total. The van der Waals surface area contributed by atoms with Crippen LogP contribution in [0.5, 0.6) is 0 Å². The van der Waals surface area contributed by atoms with Crippen molar-refractivity contribution in [3.63, 3.8) is 0 Å². The first-order valence-electron chi connectivity index (χ1n) is 7.86. The van der Waals surface area contributed by atoms with Crippen molar-refractivity contribution >= 4 is 17.8 Å². The van der Waals surface area contributed by atoms with E-state index in [4.69, 9.17) is 5.11 Å². The summed E-state index contributed by atoms with van der Waals surface area (Å²) in [6.45, 7) is 2.13. The summed E-state index contributed by atoms with van der Waals surface area (Å²) < 4.78 is 0. The number of hydrogen-bond acceptors (Lipinski definition) is 3. The van der Waals surface area contributed by atoms with Crippen LogP contribution in [-0.2, 0) is 14.4 Å². The van der Waals surface area contributed by atoms with Crippen LogP contribution in [0.2, 0.25) is 0 Å². The molecule has 2 amide bonds. The van der Waals surface area contributed by atoms with Gasteiger partial charge in [-0.1, -0.05) is 0 Å². The minimum Gasteiger partial charge on any atom is -0.481 e. The van der Waals surface area contributed by atoms with Crippen molar-refractivity contribution in [1.29, 1.82) is 0 Å². The quantitative estimate of drug-likeness (QED) is 0.825. The lowest BCUT2D eigenvalue weighted by atomic mass is 9.96. The van der Waals surface area contributed by atoms with Gasteiger partial charge in [0.2, 0.25) is 11.8 Å². The van der Waals surface area contributed by atoms with Crippen molar-refractivity contribution < 1.29 is 19.5 Å². The molecule has 2 aliphatic heterocycles. The number of hydrogen-bond donors (Lipinski definition) is 1. The Morgan fingerprint density at radius 3 is 2.00 bits per heavy atom. The Bertz CT molecular complexity index is 461. The fraction of sp³-hybridized carbons (Fsp3) is 0.800. The first-order valence-corrected chi connectivity index (χ1v) is 7.86. The Kier molecular flexibility index (Phi) is 3.87. The molecule has 2 atom stereocenters. The molecule has 3 aliphatic rings. The van der Waals surface area contributed by atoms with Gasteiger partial charge in [-0.3, -0.25) is 14.4 Å². The van der Waals surface area contributed by atoms with Gasteiger partial charge in [0.25, 0.3) is 0 Å². The molecular weight excluding hydrogens is 272 g/mol. The van der Waals surface area contributed by atoms with Gasteiger partial charge < -0.3 is 14.9 Å². The molecule has 2 saturated heterocycles. The molecule has 1 N–H and O–H groups in total. The molecule has 6 heteroatoms. The standard InChI is InChI=1S/C15H22N2O4/c18-13(10-3-4-10)16-6-1-2-11(8-16)14(19)17-7-5-12(9-17)15(20)21/h10-12H,1-9H2,(H,20,21). The number of rotatable bonds is 3. The first-order chi connectivity index (χ1) is 10.1. The van der Waals surface area contributed by atoms with Gasteiger partial charge in [0.15, 0.2) is 0 Å². The Balaban J connectivity index is 1.57. The fourth-order valence-corrected chi connectivity index (χ4v) is 3.39. The van der Waals surface area contributed by atoms with Gasteiger partial charge in [0.05, 0.1) is 11.8 Å². The van der Waals surface area contributed by atoms with E-state index in [0.717, 1.165) is 32.2 Å². The van der Waals surface area contributed by atoms with Crippen molar-refractivity contribution in [2.24, 2.45) is 17.8 Å². The highest BCUT2D eigenvalue weighted by Gasteiger charge is 2.39. The van der Waals surface area contributed by atoms with Crippen molar-refractivity contribution in [3.8, 4) is 0 Å². The average molecular weight is 294 g/mol. The van der Waals surface area contributed by atoms with E-state index >= 15 is 0 Å². The third kappa shape index (κ3) is 3.04. The molecule has 0 bridgehead atoms. The lowest BCUT2D eigenvalue weighted by Crippen LogP contribution is -2.46. The van der Waals surface area contributed by atoms with Gasteiger partial charge in [-0.2, -0.15) is 0 Å². The molecule has 2 unspecified atom stereocenters. The van der Waals surface area contributed by atoms with E-state index in [9.17, 15) is 14.4 Å². The van der Waals surface area contributed by atoms with Gasteiger partial charge in [-0.05, 0) is 32.1 Å². The van der Waals surface area contributed by atoms with E-state index in [2.05, 4.69) is 0 Å². The molecule has 1 aliphatic carbocycles. The molecule has 0 aromatic heterocycles. The number of piperidine rings is 1. The summed E-state index contributed by atoms with van der Waals surface area (Å²) in [7, 11) is 0. The van der Waals surface area contributed by atoms with Gasteiger partial charge in [-0.25, -0.2) is 0 Å². The summed E-state index contributed by atoms with van der Waals surface area (Å²) in [5.41, 5.74) is 0. The second-order valence-corrected chi connectivity index (χ2v) is 6.51. The summed E-state index contributed by atoms with van der Waals surface area (Å²) in [6.07, 6.45) is 4.19. The van der Waals surface area contributed by atoms with Crippen LogP contribution in [0.1, 0.15) is 32.1 Å². The molecular formula is C15H22N2O4. The van der Waals surface area contributed by atoms with Crippen LogP contribution in [0, 0.1) is 17.8 Å². The smallest absolute Gasteiger partial charge is 0.308 e. The van der Waals surface area contributed by atoms with Crippen LogP contribution in [0.15, 0.2) is 0 Å². The monoisotopic (exact) mass is 294 g/mol. The molecule has 0 aromatic rings. The third-order valence-electron chi connectivity index (χ3n) is 4.86. The maximum atomic E-state index is 12.5. The fourth-order valence-electron chi connectivity index (χ4n) is 3.39. The Hall–Kier alpha value is -1.59. The highest BCUT2D eigenvalue weighted by molar-refractivity contribution is 5.84. The van der Waals surface area contributed by atoms with Gasteiger partial charge in [0.1, 0.15) is 0 Å². The number of carbonyl (C=O) groups is 3. The molecule has 21 heavy (non-hydrogen) atoms. The molecule has 0 radical (unpaired) electrons. The highest BCUT2D eigenvalue weighted by atomic mass is 16.4. The van der Waals surface area contributed by atoms with Gasteiger partial charge in [-0.15, -0.1) is 0 Å². The number of likely N-dealkylation sites (tertiary alicyclic amines) is 2. The summed E-state index contributed by atoms with van der Waals surface area (Å²) in [6, 6.07) is 0. The lowest BCUT2D eigenvalue weighted by molar-refractivity contribution is -0.142. The van der Waals surface area contributed by atoms with Crippen LogP contribution in [0.4, 0.5) is 0 Å². The minimum atomic E-state index is -0.820. The minimum absolute atomic E-state index is 0.0343. The topological polar surface area (TPSA) is 77.9 Å². The van der Waals surface area contributed by atoms with Crippen LogP contribution in [0.3, 0.4) is 0 Å². The largest absolute Gasteiger partial charge is 0.481 e. The predicted molar refractivity (Wildman–Crippen MR) is 74.4 cm³/mol. The molecule has 0 aromatic carbocycles. The number of carboxylic acids is 1. The van der Waals surface area contributed by atoms with Gasteiger partial charge >= 0.3 is 5.97 Å². The van der Waals surface area contributed by atoms with E-state index in [0.29, 0.717) is 26.1 Å². The summed E-state index contributed by atoms with van der Waals surface area (Å²) in [4.78, 5) is 39.1. The van der Waals surface area contributed by atoms with Crippen LogP contribution in [-0.4, -0.2) is 58.9 Å². The summed E-state index contributed by atoms with van der Waals surface area (Å²) >= 11 is 0. The zero-order chi connectivity index (χ0) is 15.0. The molecule has 0 spiro atoms. The second-order valence-electron chi connectivity index (χ2n) is 6.51. The first kappa shape index (κ1) is 14.4. The molecule has 116 valence electrons. The zero-order valence-corrected chi connectivity index (χ0v) is 12.2. The summed E-state index contributed by atoms with van der Waals surface area (Å²) in [5, 5.41) is 9.02. The average Bonchev–Trinajstić information content (AvgIpc) is 3.22. The molecule has 3 rings (SSSR count). The van der Waals surface area contributed by atoms with Gasteiger partial charge in [0, 0.05) is 32.1 Å². The number of nitrogens with zero attached hydrogens (tertiary/aromatic N) is 2. The zero-order valence-electron chi connectivity index (χ0n) is 12.2. The second kappa shape index (κ2) is 5.66. The number of aliphatic carboxylic acids is 1. The lowest BCUT2D eigenvalue weighted by Gasteiger charge is -2.34. The summed E-state index contributed by atoms with van der Waals surface area (Å²) in [5.74, 6) is -0.957. The van der Waals surface area contributed by atoms with E-state index in [1.807, 2.05) is 4.90 Å². The van der Waals surface area contributed by atoms with Crippen molar-refractivity contribution in [2.45, 2.75) is 32.1 Å². The van der Waals surface area contributed by atoms with E-state index in [1.165, 1.54) is 0 Å². The maximum absolute atomic E-state index is 12.5.